The molecule has 0 aromatic heterocycles. The van der Waals surface area contributed by atoms with Crippen molar-refractivity contribution in [2.45, 2.75) is 19.9 Å². The number of ether oxygens (including phenoxy) is 4. The summed E-state index contributed by atoms with van der Waals surface area (Å²) < 4.78 is 21.7. The Morgan fingerprint density at radius 2 is 1.34 bits per heavy atom. The van der Waals surface area contributed by atoms with Gasteiger partial charge in [0.05, 0.1) is 21.3 Å². The van der Waals surface area contributed by atoms with Gasteiger partial charge in [0, 0.05) is 11.3 Å². The van der Waals surface area contributed by atoms with Gasteiger partial charge in [-0.25, -0.2) is 0 Å². The van der Waals surface area contributed by atoms with Crippen molar-refractivity contribution in [2.24, 2.45) is 5.92 Å². The maximum Gasteiger partial charge on any atom is 0.252 e. The normalized spacial score (nSPS) is 11.4. The minimum Gasteiger partial charge on any atom is -0.493 e. The molecule has 1 atom stereocenters. The zero-order chi connectivity index (χ0) is 25.4. The van der Waals surface area contributed by atoms with E-state index in [-0.39, 0.29) is 17.4 Å². The molecule has 184 valence electrons. The molecule has 2 N–H and O–H groups in total. The van der Waals surface area contributed by atoms with Crippen LogP contribution >= 0.6 is 0 Å². The molecule has 2 amide bonds. The van der Waals surface area contributed by atoms with Gasteiger partial charge >= 0.3 is 0 Å². The van der Waals surface area contributed by atoms with Crippen LogP contribution in [-0.2, 0) is 4.79 Å². The minimum atomic E-state index is -0.776. The van der Waals surface area contributed by atoms with Gasteiger partial charge in [0.2, 0.25) is 11.7 Å². The van der Waals surface area contributed by atoms with Gasteiger partial charge in [-0.3, -0.25) is 9.59 Å². The second kappa shape index (κ2) is 11.8. The third-order valence-corrected chi connectivity index (χ3v) is 5.26. The molecule has 8 nitrogen and oxygen atoms in total. The number of benzene rings is 3. The predicted octanol–water partition coefficient (Wildman–Crippen LogP) is 4.90. The molecule has 3 aromatic rings. The largest absolute Gasteiger partial charge is 0.493 e. The number of anilines is 1. The Morgan fingerprint density at radius 1 is 0.771 bits per heavy atom. The van der Waals surface area contributed by atoms with E-state index < -0.39 is 11.9 Å². The van der Waals surface area contributed by atoms with Crippen molar-refractivity contribution in [1.29, 1.82) is 0 Å². The summed E-state index contributed by atoms with van der Waals surface area (Å²) in [6.45, 7) is 3.72. The molecule has 35 heavy (non-hydrogen) atoms. The highest BCUT2D eigenvalue weighted by atomic mass is 16.5. The van der Waals surface area contributed by atoms with E-state index in [1.807, 2.05) is 44.2 Å². The van der Waals surface area contributed by atoms with Gasteiger partial charge in [-0.2, -0.15) is 0 Å². The molecule has 0 heterocycles. The van der Waals surface area contributed by atoms with E-state index in [1.165, 1.54) is 33.5 Å². The molecule has 3 rings (SSSR count). The maximum absolute atomic E-state index is 13.0. The van der Waals surface area contributed by atoms with Crippen LogP contribution in [-0.4, -0.2) is 39.2 Å². The molecule has 0 saturated heterocycles. The summed E-state index contributed by atoms with van der Waals surface area (Å²) in [5.74, 6) is 1.50. The number of methoxy groups -OCH3 is 3. The molecule has 3 aromatic carbocycles. The van der Waals surface area contributed by atoms with E-state index in [2.05, 4.69) is 10.6 Å². The number of rotatable bonds is 10. The van der Waals surface area contributed by atoms with Gasteiger partial charge in [0.1, 0.15) is 17.5 Å². The molecule has 8 heteroatoms. The van der Waals surface area contributed by atoms with Gasteiger partial charge in [-0.1, -0.05) is 32.0 Å². The molecule has 0 radical (unpaired) electrons. The van der Waals surface area contributed by atoms with Gasteiger partial charge < -0.3 is 29.6 Å². The Balaban J connectivity index is 1.70. The fourth-order valence-electron chi connectivity index (χ4n) is 3.42. The molecular weight excluding hydrogens is 448 g/mol. The van der Waals surface area contributed by atoms with Crippen LogP contribution < -0.4 is 29.6 Å². The van der Waals surface area contributed by atoms with E-state index in [4.69, 9.17) is 18.9 Å². The van der Waals surface area contributed by atoms with Crippen LogP contribution in [0.25, 0.3) is 0 Å². The van der Waals surface area contributed by atoms with Gasteiger partial charge in [-0.15, -0.1) is 0 Å². The molecule has 0 aliphatic heterocycles. The SMILES string of the molecule is COc1cc(C(=O)NC(C(=O)Nc2ccc(Oc3ccccc3)cc2)C(C)C)cc(OC)c1OC. The Morgan fingerprint density at radius 3 is 1.86 bits per heavy atom. The molecule has 1 unspecified atom stereocenters. The van der Waals surface area contributed by atoms with Gasteiger partial charge in [0.15, 0.2) is 11.5 Å². The molecule has 0 saturated carbocycles. The average Bonchev–Trinajstić information content (AvgIpc) is 2.87. The standard InChI is InChI=1S/C27H30N2O6/c1-17(2)24(29-26(30)18-15-22(32-3)25(34-5)23(16-18)33-4)27(31)28-19-11-13-21(14-12-19)35-20-9-7-6-8-10-20/h6-17,24H,1-5H3,(H,28,31)(H,29,30). The molecular formula is C27H30N2O6. The molecule has 0 aliphatic rings. The number of carbonyl (C=O) groups excluding carboxylic acids is 2. The average molecular weight is 479 g/mol. The zero-order valence-corrected chi connectivity index (χ0v) is 20.5. The van der Waals surface area contributed by atoms with Crippen LogP contribution in [0, 0.1) is 5.92 Å². The maximum atomic E-state index is 13.0. The molecule has 0 bridgehead atoms. The zero-order valence-electron chi connectivity index (χ0n) is 20.5. The number of hydrogen-bond acceptors (Lipinski definition) is 6. The van der Waals surface area contributed by atoms with Crippen molar-refractivity contribution in [3.8, 4) is 28.7 Å². The molecule has 0 aliphatic carbocycles. The van der Waals surface area contributed by atoms with Crippen LogP contribution in [0.5, 0.6) is 28.7 Å². The van der Waals surface area contributed by atoms with Gasteiger partial charge in [0.25, 0.3) is 5.91 Å². The Hall–Kier alpha value is -4.20. The van der Waals surface area contributed by atoms with Crippen LogP contribution in [0.2, 0.25) is 0 Å². The van der Waals surface area contributed by atoms with E-state index in [0.717, 1.165) is 5.75 Å². The quantitative estimate of drug-likeness (QED) is 0.431. The Bertz CT molecular complexity index is 1120. The molecule has 0 spiro atoms. The van der Waals surface area contributed by atoms with Crippen LogP contribution in [0.3, 0.4) is 0 Å². The lowest BCUT2D eigenvalue weighted by Gasteiger charge is -2.22. The summed E-state index contributed by atoms with van der Waals surface area (Å²) in [7, 11) is 4.43. The first kappa shape index (κ1) is 25.4. The number of nitrogens with one attached hydrogen (secondary N) is 2. The van der Waals surface area contributed by atoms with E-state index in [9.17, 15) is 9.59 Å². The summed E-state index contributed by atoms with van der Waals surface area (Å²) >= 11 is 0. The van der Waals surface area contributed by atoms with E-state index >= 15 is 0 Å². The summed E-state index contributed by atoms with van der Waals surface area (Å²) in [5.41, 5.74) is 0.864. The van der Waals surface area contributed by atoms with Crippen molar-refractivity contribution in [2.75, 3.05) is 26.6 Å². The van der Waals surface area contributed by atoms with Crippen molar-refractivity contribution >= 4 is 17.5 Å². The summed E-state index contributed by atoms with van der Waals surface area (Å²) in [5, 5.41) is 5.67. The molecule has 0 fully saturated rings. The monoisotopic (exact) mass is 478 g/mol. The lowest BCUT2D eigenvalue weighted by atomic mass is 10.0. The summed E-state index contributed by atoms with van der Waals surface area (Å²) in [4.78, 5) is 26.0. The lowest BCUT2D eigenvalue weighted by molar-refractivity contribution is -0.118. The fourth-order valence-corrected chi connectivity index (χ4v) is 3.42. The van der Waals surface area contributed by atoms with Crippen molar-refractivity contribution in [3.05, 3.63) is 72.3 Å². The number of amides is 2. The van der Waals surface area contributed by atoms with Crippen molar-refractivity contribution < 1.29 is 28.5 Å². The smallest absolute Gasteiger partial charge is 0.252 e. The van der Waals surface area contributed by atoms with Gasteiger partial charge in [-0.05, 0) is 54.4 Å². The third-order valence-electron chi connectivity index (χ3n) is 5.26. The number of carbonyl (C=O) groups is 2. The van der Waals surface area contributed by atoms with Crippen LogP contribution in [0.4, 0.5) is 5.69 Å². The van der Waals surface area contributed by atoms with E-state index in [1.54, 1.807) is 24.3 Å². The third kappa shape index (κ3) is 6.44. The number of para-hydroxylation sites is 1. The topological polar surface area (TPSA) is 95.1 Å². The first-order chi connectivity index (χ1) is 16.9. The highest BCUT2D eigenvalue weighted by Crippen LogP contribution is 2.38. The highest BCUT2D eigenvalue weighted by Gasteiger charge is 2.26. The Kier molecular flexibility index (Phi) is 8.56. The second-order valence-electron chi connectivity index (χ2n) is 8.04. The predicted molar refractivity (Wildman–Crippen MR) is 134 cm³/mol. The number of hydrogen-bond donors (Lipinski definition) is 2. The highest BCUT2D eigenvalue weighted by molar-refractivity contribution is 6.01. The first-order valence-electron chi connectivity index (χ1n) is 11.1. The van der Waals surface area contributed by atoms with E-state index in [0.29, 0.717) is 28.7 Å². The second-order valence-corrected chi connectivity index (χ2v) is 8.04. The van der Waals surface area contributed by atoms with Crippen molar-refractivity contribution in [3.63, 3.8) is 0 Å². The van der Waals surface area contributed by atoms with Crippen molar-refractivity contribution in [1.82, 2.24) is 5.32 Å². The van der Waals surface area contributed by atoms with Crippen LogP contribution in [0.15, 0.2) is 66.7 Å². The minimum absolute atomic E-state index is 0.165. The summed E-state index contributed by atoms with van der Waals surface area (Å²) in [6, 6.07) is 18.7. The first-order valence-corrected chi connectivity index (χ1v) is 11.1. The van der Waals surface area contributed by atoms with Crippen LogP contribution in [0.1, 0.15) is 24.2 Å². The Labute approximate surface area is 205 Å². The fraction of sp³-hybridized carbons (Fsp3) is 0.259. The lowest BCUT2D eigenvalue weighted by Crippen LogP contribution is -2.47. The summed E-state index contributed by atoms with van der Waals surface area (Å²) in [6.07, 6.45) is 0.